The smallest absolute Gasteiger partial charge is 0.125 e. The van der Waals surface area contributed by atoms with Crippen molar-refractivity contribution in [2.24, 2.45) is 5.73 Å². The number of anilines is 1. The zero-order valence-electron chi connectivity index (χ0n) is 9.35. The maximum Gasteiger partial charge on any atom is 0.125 e. The summed E-state index contributed by atoms with van der Waals surface area (Å²) in [6, 6.07) is 3.30. The molecule has 5 heteroatoms. The first-order chi connectivity index (χ1) is 8.06. The van der Waals surface area contributed by atoms with Crippen molar-refractivity contribution in [1.29, 1.82) is 0 Å². The Balaban J connectivity index is 2.12. The highest BCUT2D eigenvalue weighted by Crippen LogP contribution is 2.33. The lowest BCUT2D eigenvalue weighted by molar-refractivity contribution is 0.409. The molecule has 0 amide bonds. The van der Waals surface area contributed by atoms with Crippen LogP contribution in [0.3, 0.4) is 0 Å². The van der Waals surface area contributed by atoms with Crippen molar-refractivity contribution >= 4 is 33.2 Å². The normalized spacial score (nSPS) is 24.7. The first-order valence-electron chi connectivity index (χ1n) is 5.73. The van der Waals surface area contributed by atoms with Gasteiger partial charge in [0.05, 0.1) is 10.7 Å². The number of hydrogen-bond donors (Lipinski definition) is 2. The monoisotopic (exact) mass is 320 g/mol. The second-order valence-electron chi connectivity index (χ2n) is 4.51. The fourth-order valence-electron chi connectivity index (χ4n) is 2.24. The molecule has 1 saturated carbocycles. The molecule has 2 rings (SSSR count). The van der Waals surface area contributed by atoms with Crippen molar-refractivity contribution in [3.8, 4) is 0 Å². The minimum atomic E-state index is -0.340. The molecule has 2 nitrogen and oxygen atoms in total. The highest BCUT2D eigenvalue weighted by Gasteiger charge is 2.20. The summed E-state index contributed by atoms with van der Waals surface area (Å²) in [5.41, 5.74) is 6.69. The lowest BCUT2D eigenvalue weighted by atomic mass is 9.91. The lowest BCUT2D eigenvalue weighted by Crippen LogP contribution is -2.35. The summed E-state index contributed by atoms with van der Waals surface area (Å²) in [4.78, 5) is 0. The van der Waals surface area contributed by atoms with Gasteiger partial charge in [-0.3, -0.25) is 0 Å². The number of benzene rings is 1. The Kier molecular flexibility index (Phi) is 4.28. The molecule has 0 radical (unpaired) electrons. The Morgan fingerprint density at radius 2 is 2.18 bits per heavy atom. The highest BCUT2D eigenvalue weighted by molar-refractivity contribution is 9.10. The Morgan fingerprint density at radius 3 is 2.82 bits per heavy atom. The van der Waals surface area contributed by atoms with Gasteiger partial charge in [-0.25, -0.2) is 4.39 Å². The number of hydrogen-bond acceptors (Lipinski definition) is 2. The average Bonchev–Trinajstić information content (AvgIpc) is 2.23. The zero-order chi connectivity index (χ0) is 12.4. The second kappa shape index (κ2) is 5.55. The molecule has 1 fully saturated rings. The Labute approximate surface area is 114 Å². The van der Waals surface area contributed by atoms with Crippen LogP contribution in [0.15, 0.2) is 16.6 Å². The quantitative estimate of drug-likeness (QED) is 0.866. The maximum absolute atomic E-state index is 13.1. The van der Waals surface area contributed by atoms with Crippen LogP contribution in [0.1, 0.15) is 25.7 Å². The van der Waals surface area contributed by atoms with Gasteiger partial charge in [-0.1, -0.05) is 11.6 Å². The highest BCUT2D eigenvalue weighted by atomic mass is 79.9. The largest absolute Gasteiger partial charge is 0.380 e. The van der Waals surface area contributed by atoms with E-state index in [9.17, 15) is 4.39 Å². The van der Waals surface area contributed by atoms with E-state index in [4.69, 9.17) is 17.3 Å². The van der Waals surface area contributed by atoms with Crippen LogP contribution in [-0.2, 0) is 0 Å². The minimum absolute atomic E-state index is 0.249. The molecule has 2 unspecified atom stereocenters. The molecule has 0 saturated heterocycles. The van der Waals surface area contributed by atoms with Crippen molar-refractivity contribution in [2.45, 2.75) is 37.8 Å². The van der Waals surface area contributed by atoms with Crippen molar-refractivity contribution < 1.29 is 4.39 Å². The van der Waals surface area contributed by atoms with Gasteiger partial charge < -0.3 is 11.1 Å². The van der Waals surface area contributed by atoms with Gasteiger partial charge in [0.25, 0.3) is 0 Å². The van der Waals surface area contributed by atoms with E-state index in [0.29, 0.717) is 15.5 Å². The standard InChI is InChI=1S/C12H15BrClFN2/c13-10-4-7(15)5-11(14)12(10)17-9-3-1-2-8(16)6-9/h4-5,8-9,17H,1-3,6,16H2. The predicted octanol–water partition coefficient (Wildman–Crippen LogP) is 3.92. The van der Waals surface area contributed by atoms with Gasteiger partial charge in [-0.15, -0.1) is 0 Å². The summed E-state index contributed by atoms with van der Waals surface area (Å²) >= 11 is 9.35. The van der Waals surface area contributed by atoms with Crippen LogP contribution in [0.4, 0.5) is 10.1 Å². The first-order valence-corrected chi connectivity index (χ1v) is 6.90. The van der Waals surface area contributed by atoms with Gasteiger partial charge in [0.2, 0.25) is 0 Å². The van der Waals surface area contributed by atoms with E-state index < -0.39 is 0 Å². The molecule has 0 heterocycles. The van der Waals surface area contributed by atoms with Gasteiger partial charge >= 0.3 is 0 Å². The third-order valence-corrected chi connectivity index (χ3v) is 3.99. The van der Waals surface area contributed by atoms with Gasteiger partial charge in [0.1, 0.15) is 5.82 Å². The van der Waals surface area contributed by atoms with Crippen LogP contribution in [0.2, 0.25) is 5.02 Å². The molecule has 0 aromatic heterocycles. The number of halogens is 3. The maximum atomic E-state index is 13.1. The van der Waals surface area contributed by atoms with Crippen molar-refractivity contribution in [3.63, 3.8) is 0 Å². The van der Waals surface area contributed by atoms with Crippen LogP contribution in [0, 0.1) is 5.82 Å². The van der Waals surface area contributed by atoms with E-state index in [0.717, 1.165) is 31.4 Å². The van der Waals surface area contributed by atoms with Crippen molar-refractivity contribution in [1.82, 2.24) is 0 Å². The Morgan fingerprint density at radius 1 is 1.41 bits per heavy atom. The van der Waals surface area contributed by atoms with E-state index in [2.05, 4.69) is 21.2 Å². The summed E-state index contributed by atoms with van der Waals surface area (Å²) in [6.45, 7) is 0. The van der Waals surface area contributed by atoms with Gasteiger partial charge in [0.15, 0.2) is 0 Å². The van der Waals surface area contributed by atoms with Crippen LogP contribution in [0.25, 0.3) is 0 Å². The van der Waals surface area contributed by atoms with Crippen molar-refractivity contribution in [2.75, 3.05) is 5.32 Å². The number of rotatable bonds is 2. The molecule has 1 aliphatic rings. The predicted molar refractivity (Wildman–Crippen MR) is 73.0 cm³/mol. The first kappa shape index (κ1) is 13.1. The molecular formula is C12H15BrClFN2. The van der Waals surface area contributed by atoms with Crippen LogP contribution in [-0.4, -0.2) is 12.1 Å². The summed E-state index contributed by atoms with van der Waals surface area (Å²) in [5, 5.41) is 3.75. The Bertz CT molecular complexity index is 390. The van der Waals surface area contributed by atoms with Gasteiger partial charge in [-0.2, -0.15) is 0 Å². The van der Waals surface area contributed by atoms with Gasteiger partial charge in [0, 0.05) is 16.6 Å². The fraction of sp³-hybridized carbons (Fsp3) is 0.500. The molecule has 0 aliphatic heterocycles. The number of nitrogens with one attached hydrogen (secondary N) is 1. The summed E-state index contributed by atoms with van der Waals surface area (Å²) < 4.78 is 13.7. The summed E-state index contributed by atoms with van der Waals surface area (Å²) in [6.07, 6.45) is 4.21. The number of nitrogens with two attached hydrogens (primary N) is 1. The lowest BCUT2D eigenvalue weighted by Gasteiger charge is -2.28. The van der Waals surface area contributed by atoms with E-state index >= 15 is 0 Å². The van der Waals surface area contributed by atoms with Crippen molar-refractivity contribution in [3.05, 3.63) is 27.4 Å². The van der Waals surface area contributed by atoms with E-state index in [1.54, 1.807) is 0 Å². The molecule has 0 spiro atoms. The van der Waals surface area contributed by atoms with Crippen LogP contribution >= 0.6 is 27.5 Å². The zero-order valence-corrected chi connectivity index (χ0v) is 11.7. The fourth-order valence-corrected chi connectivity index (χ4v) is 3.16. The summed E-state index contributed by atoms with van der Waals surface area (Å²) in [5.74, 6) is -0.340. The summed E-state index contributed by atoms with van der Waals surface area (Å²) in [7, 11) is 0. The minimum Gasteiger partial charge on any atom is -0.380 e. The van der Waals surface area contributed by atoms with E-state index in [1.165, 1.54) is 12.1 Å². The molecule has 1 aromatic carbocycles. The second-order valence-corrected chi connectivity index (χ2v) is 5.77. The molecule has 0 bridgehead atoms. The van der Waals surface area contributed by atoms with Crippen LogP contribution < -0.4 is 11.1 Å². The molecule has 1 aliphatic carbocycles. The third-order valence-electron chi connectivity index (χ3n) is 3.07. The molecule has 3 N–H and O–H groups in total. The SMILES string of the molecule is NC1CCCC(Nc2c(Cl)cc(F)cc2Br)C1. The van der Waals surface area contributed by atoms with E-state index in [1.807, 2.05) is 0 Å². The third kappa shape index (κ3) is 3.33. The Hall–Kier alpha value is -0.320. The molecular weight excluding hydrogens is 307 g/mol. The topological polar surface area (TPSA) is 38.0 Å². The van der Waals surface area contributed by atoms with Gasteiger partial charge in [-0.05, 0) is 53.7 Å². The molecule has 2 atom stereocenters. The molecule has 1 aromatic rings. The molecule has 17 heavy (non-hydrogen) atoms. The van der Waals surface area contributed by atoms with Crippen LogP contribution in [0.5, 0.6) is 0 Å². The van der Waals surface area contributed by atoms with E-state index in [-0.39, 0.29) is 11.9 Å². The average molecular weight is 322 g/mol. The molecule has 94 valence electrons.